The summed E-state index contributed by atoms with van der Waals surface area (Å²) in [5.74, 6) is 2.03. The molecule has 230 valence electrons. The predicted octanol–water partition coefficient (Wildman–Crippen LogP) is 5.27. The third kappa shape index (κ3) is 9.44. The van der Waals surface area contributed by atoms with Crippen LogP contribution in [0.1, 0.15) is 95.8 Å². The summed E-state index contributed by atoms with van der Waals surface area (Å²) in [6.45, 7) is 12.3. The summed E-state index contributed by atoms with van der Waals surface area (Å²) in [5.41, 5.74) is 3.88. The van der Waals surface area contributed by atoms with Crippen molar-refractivity contribution in [3.05, 3.63) is 28.8 Å². The van der Waals surface area contributed by atoms with Crippen molar-refractivity contribution < 1.29 is 19.1 Å². The Kier molecular flexibility index (Phi) is 11.9. The van der Waals surface area contributed by atoms with E-state index in [-0.39, 0.29) is 29.7 Å². The van der Waals surface area contributed by atoms with Crippen LogP contribution in [-0.2, 0) is 33.7 Å². The number of nitrogens with zero attached hydrogens (tertiary/aromatic N) is 1. The summed E-state index contributed by atoms with van der Waals surface area (Å²) >= 11 is 0. The van der Waals surface area contributed by atoms with Crippen LogP contribution in [0.15, 0.2) is 12.1 Å². The van der Waals surface area contributed by atoms with Gasteiger partial charge in [0.1, 0.15) is 5.75 Å². The molecule has 3 aliphatic rings. The first-order valence-corrected chi connectivity index (χ1v) is 16.3. The second kappa shape index (κ2) is 15.4. The highest BCUT2D eigenvalue weighted by atomic mass is 16.5. The molecule has 2 atom stereocenters. The first-order chi connectivity index (χ1) is 19.7. The lowest BCUT2D eigenvalue weighted by Gasteiger charge is -2.34. The number of carbonyl (C=O) groups excluding carboxylic acids is 2. The van der Waals surface area contributed by atoms with Crippen LogP contribution in [0.5, 0.6) is 5.75 Å². The molecule has 41 heavy (non-hydrogen) atoms. The molecule has 1 saturated heterocycles. The molecule has 0 bridgehead atoms. The van der Waals surface area contributed by atoms with E-state index in [9.17, 15) is 9.59 Å². The van der Waals surface area contributed by atoms with Crippen molar-refractivity contribution in [1.82, 2.24) is 15.5 Å². The predicted molar refractivity (Wildman–Crippen MR) is 164 cm³/mol. The average molecular weight is 570 g/mol. The lowest BCUT2D eigenvalue weighted by atomic mass is 9.87. The molecule has 2 aliphatic heterocycles. The SMILES string of the molecule is COCCCCc1cc(CN(C(=O)[C@H]2CNC[C@@H](C(=O)NC(CC(C)C)CC(C)C)C2)C2CC2)cc2c1CCCO2. The molecule has 1 aromatic rings. The van der Waals surface area contributed by atoms with Crippen LogP contribution < -0.4 is 15.4 Å². The van der Waals surface area contributed by atoms with Gasteiger partial charge in [0.25, 0.3) is 0 Å². The minimum Gasteiger partial charge on any atom is -0.493 e. The number of aryl methyl sites for hydroxylation is 1. The van der Waals surface area contributed by atoms with Gasteiger partial charge in [0, 0.05) is 45.4 Å². The van der Waals surface area contributed by atoms with Crippen molar-refractivity contribution in [2.45, 2.75) is 111 Å². The molecule has 4 rings (SSSR count). The maximum Gasteiger partial charge on any atom is 0.227 e. The first kappa shape index (κ1) is 31.8. The van der Waals surface area contributed by atoms with Crippen molar-refractivity contribution >= 4 is 11.8 Å². The van der Waals surface area contributed by atoms with Gasteiger partial charge in [-0.1, -0.05) is 33.8 Å². The zero-order valence-electron chi connectivity index (χ0n) is 26.3. The van der Waals surface area contributed by atoms with Gasteiger partial charge in [-0.2, -0.15) is 0 Å². The van der Waals surface area contributed by atoms with E-state index in [4.69, 9.17) is 9.47 Å². The lowest BCUT2D eigenvalue weighted by molar-refractivity contribution is -0.138. The Hall–Kier alpha value is -2.12. The molecular weight excluding hydrogens is 514 g/mol. The van der Waals surface area contributed by atoms with Crippen LogP contribution in [0, 0.1) is 23.7 Å². The number of hydrogen-bond donors (Lipinski definition) is 2. The van der Waals surface area contributed by atoms with E-state index in [1.165, 1.54) is 11.1 Å². The van der Waals surface area contributed by atoms with E-state index in [0.717, 1.165) is 82.3 Å². The minimum absolute atomic E-state index is 0.101. The van der Waals surface area contributed by atoms with E-state index < -0.39 is 0 Å². The Morgan fingerprint density at radius 2 is 1.80 bits per heavy atom. The Labute approximate surface area is 248 Å². The number of rotatable bonds is 15. The van der Waals surface area contributed by atoms with E-state index in [1.54, 1.807) is 7.11 Å². The van der Waals surface area contributed by atoms with Crippen molar-refractivity contribution in [3.63, 3.8) is 0 Å². The fraction of sp³-hybridized carbons (Fsp3) is 0.765. The Morgan fingerprint density at radius 1 is 1.07 bits per heavy atom. The van der Waals surface area contributed by atoms with Gasteiger partial charge in [0.15, 0.2) is 0 Å². The number of piperidine rings is 1. The van der Waals surface area contributed by atoms with E-state index in [2.05, 4.69) is 55.4 Å². The van der Waals surface area contributed by atoms with Crippen LogP contribution in [0.4, 0.5) is 0 Å². The highest BCUT2D eigenvalue weighted by Crippen LogP contribution is 2.35. The number of benzene rings is 1. The second-order valence-corrected chi connectivity index (χ2v) is 13.6. The molecule has 7 nitrogen and oxygen atoms in total. The van der Waals surface area contributed by atoms with Crippen molar-refractivity contribution in [3.8, 4) is 5.75 Å². The lowest BCUT2D eigenvalue weighted by Crippen LogP contribution is -2.51. The van der Waals surface area contributed by atoms with E-state index in [0.29, 0.717) is 43.9 Å². The Bertz CT molecular complexity index is 996. The molecule has 1 aliphatic carbocycles. The Morgan fingerprint density at radius 3 is 2.49 bits per heavy atom. The molecule has 0 unspecified atom stereocenters. The number of ether oxygens (including phenoxy) is 2. The van der Waals surface area contributed by atoms with Gasteiger partial charge < -0.3 is 25.0 Å². The van der Waals surface area contributed by atoms with Gasteiger partial charge in [0.05, 0.1) is 18.4 Å². The average Bonchev–Trinajstić information content (AvgIpc) is 3.78. The molecule has 1 aromatic carbocycles. The molecule has 2 amide bonds. The molecule has 2 fully saturated rings. The van der Waals surface area contributed by atoms with Crippen LogP contribution in [0.2, 0.25) is 0 Å². The number of carbonyl (C=O) groups is 2. The van der Waals surface area contributed by atoms with Crippen molar-refractivity contribution in [2.75, 3.05) is 33.4 Å². The van der Waals surface area contributed by atoms with Crippen LogP contribution in [-0.4, -0.2) is 62.2 Å². The molecule has 2 N–H and O–H groups in total. The standard InChI is InChI=1S/C34H55N3O4/c1-23(2)15-29(16-24(3)4)36-33(38)27-19-28(21-35-20-27)34(39)37(30-11-12-30)22-25-17-26(9-6-7-13-40-5)31-10-8-14-41-32(31)18-25/h17-18,23-24,27-30,35H,6-16,19-22H2,1-5H3,(H,36,38)/t27-,28+/m0/s1. The number of methoxy groups -OCH3 is 1. The smallest absolute Gasteiger partial charge is 0.227 e. The summed E-state index contributed by atoms with van der Waals surface area (Å²) in [6.07, 6.45) is 9.98. The fourth-order valence-electron chi connectivity index (χ4n) is 6.69. The largest absolute Gasteiger partial charge is 0.493 e. The summed E-state index contributed by atoms with van der Waals surface area (Å²) in [7, 11) is 1.76. The van der Waals surface area contributed by atoms with Gasteiger partial charge in [-0.05, 0) is 98.8 Å². The van der Waals surface area contributed by atoms with E-state index in [1.807, 2.05) is 0 Å². The van der Waals surface area contributed by atoms with Gasteiger partial charge in [-0.15, -0.1) is 0 Å². The zero-order chi connectivity index (χ0) is 29.4. The molecule has 1 saturated carbocycles. The third-order valence-corrected chi connectivity index (χ3v) is 8.79. The van der Waals surface area contributed by atoms with Gasteiger partial charge >= 0.3 is 0 Å². The fourth-order valence-corrected chi connectivity index (χ4v) is 6.69. The molecule has 2 heterocycles. The van der Waals surface area contributed by atoms with Crippen LogP contribution >= 0.6 is 0 Å². The highest BCUT2D eigenvalue weighted by molar-refractivity contribution is 5.83. The van der Waals surface area contributed by atoms with Gasteiger partial charge in [-0.25, -0.2) is 0 Å². The highest BCUT2D eigenvalue weighted by Gasteiger charge is 2.39. The first-order valence-electron chi connectivity index (χ1n) is 16.3. The zero-order valence-corrected chi connectivity index (χ0v) is 26.3. The minimum atomic E-state index is -0.170. The summed E-state index contributed by atoms with van der Waals surface area (Å²) in [5, 5.41) is 6.77. The van der Waals surface area contributed by atoms with Crippen molar-refractivity contribution in [1.29, 1.82) is 0 Å². The monoisotopic (exact) mass is 569 g/mol. The topological polar surface area (TPSA) is 79.9 Å². The second-order valence-electron chi connectivity index (χ2n) is 13.6. The summed E-state index contributed by atoms with van der Waals surface area (Å²) < 4.78 is 11.4. The molecule has 7 heteroatoms. The number of fused-ring (bicyclic) bond motifs is 1. The van der Waals surface area contributed by atoms with E-state index >= 15 is 0 Å². The van der Waals surface area contributed by atoms with Gasteiger partial charge in [0.2, 0.25) is 11.8 Å². The third-order valence-electron chi connectivity index (χ3n) is 8.79. The molecule has 0 aromatic heterocycles. The maximum atomic E-state index is 14.0. The summed E-state index contributed by atoms with van der Waals surface area (Å²) in [6, 6.07) is 4.99. The Balaban J connectivity index is 1.42. The number of unbranched alkanes of at least 4 members (excludes halogenated alkanes) is 1. The number of amides is 2. The van der Waals surface area contributed by atoms with Crippen molar-refractivity contribution in [2.24, 2.45) is 23.7 Å². The normalized spacial score (nSPS) is 20.7. The van der Waals surface area contributed by atoms with Gasteiger partial charge in [-0.3, -0.25) is 9.59 Å². The molecule has 0 radical (unpaired) electrons. The van der Waals surface area contributed by atoms with Crippen LogP contribution in [0.25, 0.3) is 0 Å². The number of hydrogen-bond acceptors (Lipinski definition) is 5. The maximum absolute atomic E-state index is 14.0. The molecule has 0 spiro atoms. The number of nitrogens with one attached hydrogen (secondary N) is 2. The summed E-state index contributed by atoms with van der Waals surface area (Å²) in [4.78, 5) is 29.4. The molecular formula is C34H55N3O4. The van der Waals surface area contributed by atoms with Crippen LogP contribution in [0.3, 0.4) is 0 Å². The quantitative estimate of drug-likeness (QED) is 0.281.